The molecule has 0 amide bonds. The van der Waals surface area contributed by atoms with E-state index in [1.165, 1.54) is 6.92 Å². The van der Waals surface area contributed by atoms with Crippen molar-refractivity contribution in [1.29, 1.82) is 0 Å². The topological polar surface area (TPSA) is 52.6 Å². The Morgan fingerprint density at radius 2 is 1.87 bits per heavy atom. The Kier molecular flexibility index (Phi) is 5.67. The van der Waals surface area contributed by atoms with Gasteiger partial charge < -0.3 is 9.47 Å². The molecule has 0 heterocycles. The molecule has 4 nitrogen and oxygen atoms in total. The van der Waals surface area contributed by atoms with Crippen LogP contribution in [0.25, 0.3) is 0 Å². The van der Waals surface area contributed by atoms with Crippen LogP contribution in [-0.4, -0.2) is 24.6 Å². The summed E-state index contributed by atoms with van der Waals surface area (Å²) in [5.74, 6) is -0.956. The molecule has 0 saturated carbocycles. The Bertz CT molecular complexity index is 255. The normalized spacial score (nSPS) is 12.1. The van der Waals surface area contributed by atoms with Crippen molar-refractivity contribution >= 4 is 11.9 Å². The number of esters is 2. The van der Waals surface area contributed by atoms with Crippen molar-refractivity contribution in [2.45, 2.75) is 33.8 Å². The Hall–Kier alpha value is -1.32. The van der Waals surface area contributed by atoms with Gasteiger partial charge in [-0.05, 0) is 12.8 Å². The number of ether oxygens (including phenoxy) is 2. The first-order chi connectivity index (χ1) is 6.90. The van der Waals surface area contributed by atoms with E-state index in [-0.39, 0.29) is 18.1 Å². The van der Waals surface area contributed by atoms with Gasteiger partial charge in [-0.15, -0.1) is 0 Å². The van der Waals surface area contributed by atoms with Crippen LogP contribution in [0.2, 0.25) is 0 Å². The SMILES string of the molecule is C=C(C(=O)OCC)C(OC(C)=O)C(C)C. The first-order valence-electron chi connectivity index (χ1n) is 4.93. The van der Waals surface area contributed by atoms with Gasteiger partial charge in [-0.1, -0.05) is 20.4 Å². The van der Waals surface area contributed by atoms with Gasteiger partial charge in [0.2, 0.25) is 0 Å². The average molecular weight is 214 g/mol. The van der Waals surface area contributed by atoms with Crippen LogP contribution in [-0.2, 0) is 19.1 Å². The summed E-state index contributed by atoms with van der Waals surface area (Å²) in [6.45, 7) is 10.6. The maximum absolute atomic E-state index is 11.4. The largest absolute Gasteiger partial charge is 0.463 e. The van der Waals surface area contributed by atoms with Gasteiger partial charge in [0.15, 0.2) is 0 Å². The molecule has 0 aliphatic carbocycles. The van der Waals surface area contributed by atoms with Crippen LogP contribution in [0.15, 0.2) is 12.2 Å². The Morgan fingerprint density at radius 1 is 1.33 bits per heavy atom. The Balaban J connectivity index is 4.55. The lowest BCUT2D eigenvalue weighted by atomic mass is 10.0. The van der Waals surface area contributed by atoms with E-state index in [9.17, 15) is 9.59 Å². The van der Waals surface area contributed by atoms with Gasteiger partial charge in [-0.2, -0.15) is 0 Å². The van der Waals surface area contributed by atoms with Crippen LogP contribution >= 0.6 is 0 Å². The quantitative estimate of drug-likeness (QED) is 0.516. The highest BCUT2D eigenvalue weighted by atomic mass is 16.6. The van der Waals surface area contributed by atoms with Gasteiger partial charge in [0.05, 0.1) is 12.2 Å². The van der Waals surface area contributed by atoms with E-state index < -0.39 is 18.0 Å². The van der Waals surface area contributed by atoms with Crippen molar-refractivity contribution in [3.63, 3.8) is 0 Å². The van der Waals surface area contributed by atoms with Crippen molar-refractivity contribution in [1.82, 2.24) is 0 Å². The lowest BCUT2D eigenvalue weighted by Crippen LogP contribution is -2.29. The minimum atomic E-state index is -0.610. The molecule has 0 fully saturated rings. The summed E-state index contributed by atoms with van der Waals surface area (Å²) < 4.78 is 9.79. The van der Waals surface area contributed by atoms with Crippen molar-refractivity contribution < 1.29 is 19.1 Å². The molecule has 0 saturated heterocycles. The molecule has 1 atom stereocenters. The summed E-state index contributed by atoms with van der Waals surface area (Å²) in [4.78, 5) is 22.2. The minimum absolute atomic E-state index is 0.00851. The molecule has 0 N–H and O–H groups in total. The third-order valence-electron chi connectivity index (χ3n) is 1.78. The Morgan fingerprint density at radius 3 is 2.20 bits per heavy atom. The van der Waals surface area contributed by atoms with Gasteiger partial charge in [0.1, 0.15) is 6.10 Å². The van der Waals surface area contributed by atoms with Crippen molar-refractivity contribution in [2.24, 2.45) is 5.92 Å². The zero-order chi connectivity index (χ0) is 12.0. The highest BCUT2D eigenvalue weighted by Crippen LogP contribution is 2.16. The van der Waals surface area contributed by atoms with Crippen LogP contribution < -0.4 is 0 Å². The van der Waals surface area contributed by atoms with E-state index in [0.29, 0.717) is 0 Å². The number of hydrogen-bond acceptors (Lipinski definition) is 4. The van der Waals surface area contributed by atoms with Crippen molar-refractivity contribution in [3.8, 4) is 0 Å². The molecule has 0 radical (unpaired) electrons. The molecule has 86 valence electrons. The fourth-order valence-electron chi connectivity index (χ4n) is 1.13. The number of carbonyl (C=O) groups excluding carboxylic acids is 2. The lowest BCUT2D eigenvalue weighted by Gasteiger charge is -2.21. The van der Waals surface area contributed by atoms with E-state index in [1.54, 1.807) is 6.92 Å². The van der Waals surface area contributed by atoms with E-state index >= 15 is 0 Å². The summed E-state index contributed by atoms with van der Waals surface area (Å²) in [5, 5.41) is 0. The fourth-order valence-corrected chi connectivity index (χ4v) is 1.13. The fraction of sp³-hybridized carbons (Fsp3) is 0.636. The second kappa shape index (κ2) is 6.22. The highest BCUT2D eigenvalue weighted by Gasteiger charge is 2.25. The first-order valence-corrected chi connectivity index (χ1v) is 4.93. The van der Waals surface area contributed by atoms with Crippen molar-refractivity contribution in [3.05, 3.63) is 12.2 Å². The van der Waals surface area contributed by atoms with Crippen LogP contribution in [0.4, 0.5) is 0 Å². The van der Waals surface area contributed by atoms with E-state index in [0.717, 1.165) is 0 Å². The molecular weight excluding hydrogens is 196 g/mol. The molecule has 0 aliphatic rings. The van der Waals surface area contributed by atoms with E-state index in [1.807, 2.05) is 13.8 Å². The second-order valence-corrected chi connectivity index (χ2v) is 3.52. The molecule has 0 aliphatic heterocycles. The molecule has 0 aromatic rings. The van der Waals surface area contributed by atoms with Crippen molar-refractivity contribution in [2.75, 3.05) is 6.61 Å². The molecule has 4 heteroatoms. The number of hydrogen-bond donors (Lipinski definition) is 0. The predicted molar refractivity (Wildman–Crippen MR) is 56.2 cm³/mol. The smallest absolute Gasteiger partial charge is 0.337 e. The van der Waals surface area contributed by atoms with E-state index in [2.05, 4.69) is 6.58 Å². The molecule has 0 aromatic heterocycles. The first kappa shape index (κ1) is 13.7. The second-order valence-electron chi connectivity index (χ2n) is 3.52. The van der Waals surface area contributed by atoms with Crippen LogP contribution in [0, 0.1) is 5.92 Å². The van der Waals surface area contributed by atoms with Crippen LogP contribution in [0.5, 0.6) is 0 Å². The monoisotopic (exact) mass is 214 g/mol. The van der Waals surface area contributed by atoms with E-state index in [4.69, 9.17) is 9.47 Å². The average Bonchev–Trinajstić information content (AvgIpc) is 2.12. The zero-order valence-corrected chi connectivity index (χ0v) is 9.70. The molecular formula is C11H18O4. The molecule has 0 rings (SSSR count). The van der Waals surface area contributed by atoms with Gasteiger partial charge in [0, 0.05) is 6.92 Å². The zero-order valence-electron chi connectivity index (χ0n) is 9.70. The molecule has 1 unspecified atom stereocenters. The standard InChI is InChI=1S/C11H18O4/c1-6-14-11(13)8(4)10(7(2)3)15-9(5)12/h7,10H,4,6H2,1-3,5H3. The van der Waals surface area contributed by atoms with Gasteiger partial charge in [-0.25, -0.2) is 4.79 Å². The lowest BCUT2D eigenvalue weighted by molar-refractivity contribution is -0.149. The maximum atomic E-state index is 11.4. The summed E-state index contributed by atoms with van der Waals surface area (Å²) in [6.07, 6.45) is -0.610. The molecule has 0 bridgehead atoms. The third kappa shape index (κ3) is 4.63. The number of carbonyl (C=O) groups is 2. The summed E-state index contributed by atoms with van der Waals surface area (Å²) in [6, 6.07) is 0. The highest BCUT2D eigenvalue weighted by molar-refractivity contribution is 5.89. The minimum Gasteiger partial charge on any atom is -0.463 e. The Labute approximate surface area is 90.2 Å². The van der Waals surface area contributed by atoms with Crippen LogP contribution in [0.1, 0.15) is 27.7 Å². The maximum Gasteiger partial charge on any atom is 0.337 e. The number of rotatable bonds is 5. The van der Waals surface area contributed by atoms with Gasteiger partial charge in [0.25, 0.3) is 0 Å². The summed E-state index contributed by atoms with van der Waals surface area (Å²) in [7, 11) is 0. The van der Waals surface area contributed by atoms with Gasteiger partial charge >= 0.3 is 11.9 Å². The van der Waals surface area contributed by atoms with Crippen LogP contribution in [0.3, 0.4) is 0 Å². The molecule has 0 aromatic carbocycles. The molecule has 15 heavy (non-hydrogen) atoms. The molecule has 0 spiro atoms. The van der Waals surface area contributed by atoms with Gasteiger partial charge in [-0.3, -0.25) is 4.79 Å². The summed E-state index contributed by atoms with van der Waals surface area (Å²) >= 11 is 0. The summed E-state index contributed by atoms with van der Waals surface area (Å²) in [5.41, 5.74) is 0.182. The third-order valence-corrected chi connectivity index (χ3v) is 1.78. The predicted octanol–water partition coefficient (Wildman–Crippen LogP) is 1.69.